The summed E-state index contributed by atoms with van der Waals surface area (Å²) in [5.74, 6) is -0.392. The van der Waals surface area contributed by atoms with E-state index < -0.39 is 5.60 Å². The zero-order valence-electron chi connectivity index (χ0n) is 13.2. The van der Waals surface area contributed by atoms with E-state index in [0.717, 1.165) is 11.1 Å². The van der Waals surface area contributed by atoms with Crippen LogP contribution in [-0.2, 0) is 9.53 Å². The topological polar surface area (TPSA) is 26.3 Å². The largest absolute Gasteiger partial charge is 0.459 e. The molecule has 0 saturated heterocycles. The number of rotatable bonds is 3. The normalized spacial score (nSPS) is 14.1. The molecule has 0 heterocycles. The number of esters is 1. The van der Waals surface area contributed by atoms with Crippen molar-refractivity contribution in [3.63, 3.8) is 0 Å². The predicted molar refractivity (Wildman–Crippen MR) is 79.2 cm³/mol. The Morgan fingerprint density at radius 1 is 1.11 bits per heavy atom. The van der Waals surface area contributed by atoms with Gasteiger partial charge < -0.3 is 4.74 Å². The average Bonchev–Trinajstić information content (AvgIpc) is 2.26. The minimum Gasteiger partial charge on any atom is -0.459 e. The van der Waals surface area contributed by atoms with Crippen molar-refractivity contribution in [3.8, 4) is 0 Å². The second-order valence-corrected chi connectivity index (χ2v) is 6.76. The number of hydrogen-bond donors (Lipinski definition) is 0. The Kier molecular flexibility index (Phi) is 4.44. The molecule has 0 aliphatic carbocycles. The summed E-state index contributed by atoms with van der Waals surface area (Å²) in [5, 5.41) is 0. The lowest BCUT2D eigenvalue weighted by atomic mass is 9.79. The van der Waals surface area contributed by atoms with Crippen LogP contribution in [0.1, 0.15) is 58.6 Å². The second-order valence-electron chi connectivity index (χ2n) is 6.76. The third-order valence-corrected chi connectivity index (χ3v) is 4.17. The molecule has 1 aromatic carbocycles. The fourth-order valence-electron chi connectivity index (χ4n) is 1.69. The van der Waals surface area contributed by atoms with E-state index in [9.17, 15) is 4.79 Å². The van der Waals surface area contributed by atoms with Crippen LogP contribution < -0.4 is 0 Å². The van der Waals surface area contributed by atoms with Gasteiger partial charge in [0.25, 0.3) is 0 Å². The first-order chi connectivity index (χ1) is 8.56. The van der Waals surface area contributed by atoms with Crippen molar-refractivity contribution in [2.75, 3.05) is 0 Å². The Morgan fingerprint density at radius 2 is 1.63 bits per heavy atom. The molecule has 19 heavy (non-hydrogen) atoms. The van der Waals surface area contributed by atoms with E-state index >= 15 is 0 Å². The monoisotopic (exact) mass is 262 g/mol. The fraction of sp³-hybridized carbons (Fsp3) is 0.588. The van der Waals surface area contributed by atoms with Crippen LogP contribution in [0.15, 0.2) is 24.3 Å². The van der Waals surface area contributed by atoms with Crippen LogP contribution in [0.5, 0.6) is 0 Å². The van der Waals surface area contributed by atoms with Crippen molar-refractivity contribution < 1.29 is 9.53 Å². The van der Waals surface area contributed by atoms with Gasteiger partial charge in [-0.05, 0) is 38.8 Å². The highest BCUT2D eigenvalue weighted by Crippen LogP contribution is 2.34. The summed E-state index contributed by atoms with van der Waals surface area (Å²) in [5.41, 5.74) is 1.59. The number of ether oxygens (including phenoxy) is 1. The lowest BCUT2D eigenvalue weighted by molar-refractivity contribution is -0.168. The molecule has 1 aromatic rings. The van der Waals surface area contributed by atoms with Gasteiger partial charge in [-0.15, -0.1) is 0 Å². The van der Waals surface area contributed by atoms with Gasteiger partial charge in [0.2, 0.25) is 0 Å². The Balaban J connectivity index is 2.88. The molecule has 0 aliphatic rings. The first-order valence-electron chi connectivity index (χ1n) is 6.84. The molecule has 0 N–H and O–H groups in total. The number of aryl methyl sites for hydroxylation is 1. The molecule has 0 unspecified atom stereocenters. The van der Waals surface area contributed by atoms with E-state index in [1.165, 1.54) is 0 Å². The number of carbonyl (C=O) groups is 1. The van der Waals surface area contributed by atoms with Gasteiger partial charge in [-0.1, -0.05) is 45.0 Å². The van der Waals surface area contributed by atoms with Gasteiger partial charge in [0.05, 0.1) is 5.92 Å². The summed E-state index contributed by atoms with van der Waals surface area (Å²) in [7, 11) is 0. The molecule has 0 aliphatic heterocycles. The van der Waals surface area contributed by atoms with E-state index in [1.54, 1.807) is 0 Å². The maximum atomic E-state index is 12.3. The van der Waals surface area contributed by atoms with Gasteiger partial charge in [-0.3, -0.25) is 4.79 Å². The number of benzene rings is 1. The lowest BCUT2D eigenvalue weighted by Crippen LogP contribution is -2.42. The molecule has 2 heteroatoms. The minimum atomic E-state index is -0.485. The van der Waals surface area contributed by atoms with E-state index in [-0.39, 0.29) is 17.3 Å². The molecular weight excluding hydrogens is 236 g/mol. The maximum Gasteiger partial charge on any atom is 0.313 e. The van der Waals surface area contributed by atoms with Crippen molar-refractivity contribution >= 4 is 5.97 Å². The van der Waals surface area contributed by atoms with Crippen LogP contribution in [0.4, 0.5) is 0 Å². The van der Waals surface area contributed by atoms with Gasteiger partial charge in [-0.2, -0.15) is 0 Å². The minimum absolute atomic E-state index is 0.0892. The Morgan fingerprint density at radius 3 is 2.11 bits per heavy atom. The van der Waals surface area contributed by atoms with Crippen molar-refractivity contribution in [1.82, 2.24) is 0 Å². The molecule has 1 atom stereocenters. The molecule has 106 valence electrons. The van der Waals surface area contributed by atoms with E-state index in [1.807, 2.05) is 52.0 Å². The summed E-state index contributed by atoms with van der Waals surface area (Å²) in [6.45, 7) is 14.1. The van der Waals surface area contributed by atoms with Crippen molar-refractivity contribution in [2.24, 2.45) is 5.41 Å². The van der Waals surface area contributed by atoms with Gasteiger partial charge in [0.1, 0.15) is 5.60 Å². The standard InChI is InChI=1S/C17H26O2/c1-12-10-8-9-11-14(12)13(2)15(18)19-17(6,7)16(3,4)5/h8-11,13H,1-7H3/t13-/m1/s1. The molecule has 0 bridgehead atoms. The smallest absolute Gasteiger partial charge is 0.313 e. The zero-order valence-corrected chi connectivity index (χ0v) is 13.2. The Bertz CT molecular complexity index is 453. The van der Waals surface area contributed by atoms with Crippen LogP contribution in [-0.4, -0.2) is 11.6 Å². The van der Waals surface area contributed by atoms with Crippen LogP contribution in [0.3, 0.4) is 0 Å². The van der Waals surface area contributed by atoms with E-state index in [0.29, 0.717) is 0 Å². The second kappa shape index (κ2) is 5.36. The van der Waals surface area contributed by atoms with Gasteiger partial charge in [-0.25, -0.2) is 0 Å². The molecule has 0 fully saturated rings. The quantitative estimate of drug-likeness (QED) is 0.751. The van der Waals surface area contributed by atoms with Gasteiger partial charge in [0, 0.05) is 5.41 Å². The van der Waals surface area contributed by atoms with Crippen molar-refractivity contribution in [3.05, 3.63) is 35.4 Å². The van der Waals surface area contributed by atoms with Crippen LogP contribution in [0, 0.1) is 12.3 Å². The SMILES string of the molecule is Cc1ccccc1[C@@H](C)C(=O)OC(C)(C)C(C)(C)C. The molecule has 2 nitrogen and oxygen atoms in total. The summed E-state index contributed by atoms with van der Waals surface area (Å²) in [6, 6.07) is 7.95. The third kappa shape index (κ3) is 3.59. The third-order valence-electron chi connectivity index (χ3n) is 4.17. The van der Waals surface area contributed by atoms with Crippen LogP contribution in [0.2, 0.25) is 0 Å². The molecule has 0 aromatic heterocycles. The molecule has 0 radical (unpaired) electrons. The summed E-state index contributed by atoms with van der Waals surface area (Å²) >= 11 is 0. The molecule has 0 saturated carbocycles. The maximum absolute atomic E-state index is 12.3. The van der Waals surface area contributed by atoms with Gasteiger partial charge >= 0.3 is 5.97 Å². The molecular formula is C17H26O2. The predicted octanol–water partition coefficient (Wildman–Crippen LogP) is 4.47. The first-order valence-corrected chi connectivity index (χ1v) is 6.84. The van der Waals surface area contributed by atoms with Crippen molar-refractivity contribution in [2.45, 2.75) is 60.0 Å². The molecule has 1 rings (SSSR count). The summed E-state index contributed by atoms with van der Waals surface area (Å²) in [4.78, 5) is 12.3. The highest BCUT2D eigenvalue weighted by molar-refractivity contribution is 5.78. The molecule has 0 amide bonds. The average molecular weight is 262 g/mol. The van der Waals surface area contributed by atoms with Crippen LogP contribution in [0.25, 0.3) is 0 Å². The Labute approximate surface area is 117 Å². The number of hydrogen-bond acceptors (Lipinski definition) is 2. The van der Waals surface area contributed by atoms with Crippen LogP contribution >= 0.6 is 0 Å². The fourth-order valence-corrected chi connectivity index (χ4v) is 1.69. The van der Waals surface area contributed by atoms with Crippen molar-refractivity contribution in [1.29, 1.82) is 0 Å². The highest BCUT2D eigenvalue weighted by atomic mass is 16.6. The Hall–Kier alpha value is -1.31. The zero-order chi connectivity index (χ0) is 14.8. The summed E-state index contributed by atoms with van der Waals surface area (Å²) < 4.78 is 5.73. The lowest BCUT2D eigenvalue weighted by Gasteiger charge is -2.38. The van der Waals surface area contributed by atoms with Gasteiger partial charge in [0.15, 0.2) is 0 Å². The first kappa shape index (κ1) is 15.7. The van der Waals surface area contributed by atoms with E-state index in [2.05, 4.69) is 20.8 Å². The van der Waals surface area contributed by atoms with E-state index in [4.69, 9.17) is 4.74 Å². The summed E-state index contributed by atoms with van der Waals surface area (Å²) in [6.07, 6.45) is 0. The molecule has 0 spiro atoms. The number of carbonyl (C=O) groups excluding carboxylic acids is 1. The highest BCUT2D eigenvalue weighted by Gasteiger charge is 2.37.